The fourth-order valence-corrected chi connectivity index (χ4v) is 4.60. The van der Waals surface area contributed by atoms with Gasteiger partial charge in [-0.15, -0.1) is 0 Å². The molecular formula is C26H34N4O2. The van der Waals surface area contributed by atoms with Gasteiger partial charge >= 0.3 is 0 Å². The van der Waals surface area contributed by atoms with Crippen LogP contribution in [0.5, 0.6) is 0 Å². The Morgan fingerprint density at radius 3 is 1.81 bits per heavy atom. The zero-order valence-corrected chi connectivity index (χ0v) is 19.0. The normalized spacial score (nSPS) is 19.2. The lowest BCUT2D eigenvalue weighted by atomic mass is 10.0. The van der Waals surface area contributed by atoms with Crippen LogP contribution in [0.25, 0.3) is 0 Å². The molecule has 0 unspecified atom stereocenters. The first-order chi connectivity index (χ1) is 15.5. The fraction of sp³-hybridized carbons (Fsp3) is 0.462. The molecule has 170 valence electrons. The smallest absolute Gasteiger partial charge is 0.238 e. The second kappa shape index (κ2) is 10.7. The van der Waals surface area contributed by atoms with E-state index in [1.165, 1.54) is 36.8 Å². The highest BCUT2D eigenvalue weighted by Gasteiger charge is 2.22. The Morgan fingerprint density at radius 1 is 0.781 bits per heavy atom. The molecule has 0 saturated carbocycles. The number of amides is 2. The van der Waals surface area contributed by atoms with Crippen LogP contribution in [-0.4, -0.2) is 60.4 Å². The van der Waals surface area contributed by atoms with Crippen LogP contribution in [0.2, 0.25) is 0 Å². The monoisotopic (exact) mass is 434 g/mol. The van der Waals surface area contributed by atoms with Crippen LogP contribution < -0.4 is 10.6 Å². The van der Waals surface area contributed by atoms with Crippen molar-refractivity contribution in [3.05, 3.63) is 59.7 Å². The van der Waals surface area contributed by atoms with Gasteiger partial charge in [-0.3, -0.25) is 19.4 Å². The molecule has 0 radical (unpaired) electrons. The highest BCUT2D eigenvalue weighted by Crippen LogP contribution is 2.18. The number of hydrogen-bond donors (Lipinski definition) is 2. The van der Waals surface area contributed by atoms with Gasteiger partial charge in [0.15, 0.2) is 0 Å². The summed E-state index contributed by atoms with van der Waals surface area (Å²) >= 11 is 0. The van der Waals surface area contributed by atoms with E-state index >= 15 is 0 Å². The van der Waals surface area contributed by atoms with Gasteiger partial charge in [0, 0.05) is 17.4 Å². The third-order valence-corrected chi connectivity index (χ3v) is 6.49. The highest BCUT2D eigenvalue weighted by atomic mass is 16.2. The van der Waals surface area contributed by atoms with E-state index in [0.717, 1.165) is 37.4 Å². The van der Waals surface area contributed by atoms with Crippen LogP contribution in [0.1, 0.15) is 43.7 Å². The average molecular weight is 435 g/mol. The predicted molar refractivity (Wildman–Crippen MR) is 129 cm³/mol. The van der Waals surface area contributed by atoms with Gasteiger partial charge in [-0.05, 0) is 94.1 Å². The number of benzene rings is 2. The summed E-state index contributed by atoms with van der Waals surface area (Å²) < 4.78 is 0. The van der Waals surface area contributed by atoms with E-state index < -0.39 is 0 Å². The SMILES string of the molecule is C[C@@H]1CCCN1CC(=O)Nc1ccc(Cc2ccc(NC(=O)CN3CCCC3)cc2)cc1. The largest absolute Gasteiger partial charge is 0.325 e. The van der Waals surface area contributed by atoms with Crippen LogP contribution in [0.4, 0.5) is 11.4 Å². The van der Waals surface area contributed by atoms with Crippen molar-refractivity contribution in [2.24, 2.45) is 0 Å². The van der Waals surface area contributed by atoms with Crippen LogP contribution in [0.15, 0.2) is 48.5 Å². The first-order valence-corrected chi connectivity index (χ1v) is 11.8. The van der Waals surface area contributed by atoms with E-state index in [1.54, 1.807) is 0 Å². The maximum absolute atomic E-state index is 12.3. The number of nitrogens with one attached hydrogen (secondary N) is 2. The third kappa shape index (κ3) is 6.40. The molecule has 6 nitrogen and oxygen atoms in total. The van der Waals surface area contributed by atoms with Crippen molar-refractivity contribution in [1.29, 1.82) is 0 Å². The van der Waals surface area contributed by atoms with Crippen LogP contribution in [0.3, 0.4) is 0 Å². The Labute approximate surface area is 191 Å². The Bertz CT molecular complexity index is 904. The molecule has 6 heteroatoms. The van der Waals surface area contributed by atoms with Crippen LogP contribution in [-0.2, 0) is 16.0 Å². The number of carbonyl (C=O) groups is 2. The first kappa shape index (κ1) is 22.5. The molecule has 2 amide bonds. The maximum atomic E-state index is 12.3. The lowest BCUT2D eigenvalue weighted by molar-refractivity contribution is -0.118. The van der Waals surface area contributed by atoms with Gasteiger partial charge in [0.25, 0.3) is 0 Å². The molecule has 2 aromatic carbocycles. The topological polar surface area (TPSA) is 64.7 Å². The summed E-state index contributed by atoms with van der Waals surface area (Å²) in [5, 5.41) is 6.00. The lowest BCUT2D eigenvalue weighted by Crippen LogP contribution is -2.35. The van der Waals surface area contributed by atoms with E-state index in [9.17, 15) is 9.59 Å². The van der Waals surface area contributed by atoms with E-state index in [1.807, 2.05) is 24.3 Å². The molecular weight excluding hydrogens is 400 g/mol. The van der Waals surface area contributed by atoms with Gasteiger partial charge in [0.05, 0.1) is 13.1 Å². The number of rotatable bonds is 8. The Morgan fingerprint density at radius 2 is 1.31 bits per heavy atom. The number of carbonyl (C=O) groups excluding carboxylic acids is 2. The van der Waals surface area contributed by atoms with Crippen molar-refractivity contribution in [3.8, 4) is 0 Å². The van der Waals surface area contributed by atoms with Crippen molar-refractivity contribution < 1.29 is 9.59 Å². The Balaban J connectivity index is 1.24. The summed E-state index contributed by atoms with van der Waals surface area (Å²) in [7, 11) is 0. The van der Waals surface area contributed by atoms with Crippen LogP contribution >= 0.6 is 0 Å². The zero-order chi connectivity index (χ0) is 22.3. The molecule has 0 bridgehead atoms. The van der Waals surface area contributed by atoms with Crippen molar-refractivity contribution >= 4 is 23.2 Å². The molecule has 2 N–H and O–H groups in total. The zero-order valence-electron chi connectivity index (χ0n) is 19.0. The van der Waals surface area contributed by atoms with Gasteiger partial charge in [-0.25, -0.2) is 0 Å². The minimum atomic E-state index is 0.0499. The minimum Gasteiger partial charge on any atom is -0.325 e. The summed E-state index contributed by atoms with van der Waals surface area (Å²) in [6.07, 6.45) is 5.53. The van der Waals surface area contributed by atoms with E-state index in [4.69, 9.17) is 0 Å². The fourth-order valence-electron chi connectivity index (χ4n) is 4.60. The summed E-state index contributed by atoms with van der Waals surface area (Å²) in [6.45, 7) is 6.17. The number of likely N-dealkylation sites (tertiary alicyclic amines) is 2. The van der Waals surface area contributed by atoms with Crippen molar-refractivity contribution in [2.45, 2.75) is 45.1 Å². The van der Waals surface area contributed by atoms with Gasteiger partial charge < -0.3 is 10.6 Å². The van der Waals surface area contributed by atoms with Gasteiger partial charge in [-0.2, -0.15) is 0 Å². The molecule has 0 aromatic heterocycles. The molecule has 0 aliphatic carbocycles. The highest BCUT2D eigenvalue weighted by molar-refractivity contribution is 5.92. The Kier molecular flexibility index (Phi) is 7.55. The molecule has 2 saturated heterocycles. The molecule has 1 atom stereocenters. The Hall–Kier alpha value is -2.70. The molecule has 4 rings (SSSR count). The number of anilines is 2. The maximum Gasteiger partial charge on any atom is 0.238 e. The predicted octanol–water partition coefficient (Wildman–Crippen LogP) is 3.73. The van der Waals surface area contributed by atoms with E-state index in [-0.39, 0.29) is 11.8 Å². The quantitative estimate of drug-likeness (QED) is 0.664. The minimum absolute atomic E-state index is 0.0499. The summed E-state index contributed by atoms with van der Waals surface area (Å²) in [6, 6.07) is 16.6. The van der Waals surface area contributed by atoms with E-state index in [2.05, 4.69) is 51.6 Å². The summed E-state index contributed by atoms with van der Waals surface area (Å²) in [5.74, 6) is 0.102. The lowest BCUT2D eigenvalue weighted by Gasteiger charge is -2.20. The van der Waals surface area contributed by atoms with E-state index in [0.29, 0.717) is 19.1 Å². The average Bonchev–Trinajstić information content (AvgIpc) is 3.43. The number of nitrogens with zero attached hydrogens (tertiary/aromatic N) is 2. The van der Waals surface area contributed by atoms with Crippen molar-refractivity contribution in [2.75, 3.05) is 43.4 Å². The third-order valence-electron chi connectivity index (χ3n) is 6.49. The van der Waals surface area contributed by atoms with Gasteiger partial charge in [-0.1, -0.05) is 24.3 Å². The molecule has 2 aromatic rings. The second-order valence-corrected chi connectivity index (χ2v) is 9.11. The first-order valence-electron chi connectivity index (χ1n) is 11.8. The van der Waals surface area contributed by atoms with Crippen LogP contribution in [0, 0.1) is 0 Å². The molecule has 0 spiro atoms. The standard InChI is InChI=1S/C26H34N4O2/c1-20-5-4-16-30(20)19-26(32)28-24-12-8-22(9-13-24)17-21-6-10-23(11-7-21)27-25(31)18-29-14-2-3-15-29/h6-13,20H,2-5,14-19H2,1H3,(H,27,31)(H,28,32)/t20-/m1/s1. The second-order valence-electron chi connectivity index (χ2n) is 9.11. The van der Waals surface area contributed by atoms with Gasteiger partial charge in [0.1, 0.15) is 0 Å². The molecule has 32 heavy (non-hydrogen) atoms. The summed E-state index contributed by atoms with van der Waals surface area (Å²) in [4.78, 5) is 28.9. The molecule has 2 fully saturated rings. The van der Waals surface area contributed by atoms with Crippen molar-refractivity contribution in [1.82, 2.24) is 9.80 Å². The molecule has 2 aliphatic heterocycles. The molecule has 2 heterocycles. The molecule has 2 aliphatic rings. The number of hydrogen-bond acceptors (Lipinski definition) is 4. The van der Waals surface area contributed by atoms with Gasteiger partial charge in [0.2, 0.25) is 11.8 Å². The van der Waals surface area contributed by atoms with Crippen molar-refractivity contribution in [3.63, 3.8) is 0 Å². The summed E-state index contributed by atoms with van der Waals surface area (Å²) in [5.41, 5.74) is 4.04.